The first-order valence-corrected chi connectivity index (χ1v) is 9.48. The number of rotatable bonds is 2. The van der Waals surface area contributed by atoms with Crippen molar-refractivity contribution in [3.8, 4) is 5.75 Å². The van der Waals surface area contributed by atoms with Crippen molar-refractivity contribution >= 4 is 56.4 Å². The second-order valence-electron chi connectivity index (χ2n) is 4.40. The number of allylic oxidation sites excluding steroid dienone is 2. The highest BCUT2D eigenvalue weighted by Gasteiger charge is 2.39. The predicted molar refractivity (Wildman–Crippen MR) is 87.8 cm³/mol. The number of benzene rings is 1. The van der Waals surface area contributed by atoms with Gasteiger partial charge in [0.05, 0.1) is 10.1 Å². The predicted octanol–water partition coefficient (Wildman–Crippen LogP) is 5.81. The molecule has 1 atom stereocenters. The van der Waals surface area contributed by atoms with Crippen LogP contribution in [0.5, 0.6) is 5.75 Å². The lowest BCUT2D eigenvalue weighted by Gasteiger charge is -2.40. The number of para-hydroxylation sites is 1. The van der Waals surface area contributed by atoms with E-state index in [4.69, 9.17) is 51.1 Å². The van der Waals surface area contributed by atoms with E-state index in [0.717, 1.165) is 0 Å². The summed E-state index contributed by atoms with van der Waals surface area (Å²) in [6.45, 7) is 0. The number of halogens is 4. The van der Waals surface area contributed by atoms with E-state index in [1.165, 1.54) is 0 Å². The Morgan fingerprint density at radius 2 is 1.58 bits per heavy atom. The molecule has 6 heteroatoms. The zero-order valence-electron chi connectivity index (χ0n) is 10.3. The Labute approximate surface area is 134 Å². The second kappa shape index (κ2) is 5.79. The molecule has 0 saturated carbocycles. The van der Waals surface area contributed by atoms with Gasteiger partial charge >= 0.3 is 0 Å². The summed E-state index contributed by atoms with van der Waals surface area (Å²) in [5.74, 6) is 0.697. The number of ether oxygens (including phenoxy) is 1. The summed E-state index contributed by atoms with van der Waals surface area (Å²) in [4.78, 5) is 0. The van der Waals surface area contributed by atoms with Crippen LogP contribution in [0.4, 0.5) is 0 Å². The van der Waals surface area contributed by atoms with Crippen LogP contribution < -0.4 is 4.74 Å². The molecule has 1 aliphatic heterocycles. The van der Waals surface area contributed by atoms with Crippen molar-refractivity contribution in [3.63, 3.8) is 0 Å². The van der Waals surface area contributed by atoms with Gasteiger partial charge in [0, 0.05) is 0 Å². The first kappa shape index (κ1) is 15.4. The van der Waals surface area contributed by atoms with Crippen LogP contribution in [0.3, 0.4) is 0 Å². The summed E-state index contributed by atoms with van der Waals surface area (Å²) < 4.78 is 5.49. The lowest BCUT2D eigenvalue weighted by Crippen LogP contribution is -2.21. The average Bonchev–Trinajstić information content (AvgIpc) is 2.41. The topological polar surface area (TPSA) is 9.23 Å². The molecule has 0 aromatic heterocycles. The van der Waals surface area contributed by atoms with Gasteiger partial charge in [0.2, 0.25) is 0 Å². The lowest BCUT2D eigenvalue weighted by molar-refractivity contribution is 0.461. The van der Waals surface area contributed by atoms with E-state index in [0.29, 0.717) is 20.9 Å². The third kappa shape index (κ3) is 2.88. The summed E-state index contributed by atoms with van der Waals surface area (Å²) in [5, 5.41) is 1.59. The van der Waals surface area contributed by atoms with Crippen molar-refractivity contribution in [2.24, 2.45) is 0 Å². The molecule has 0 aliphatic carbocycles. The Kier molecular flexibility index (Phi) is 4.69. The van der Waals surface area contributed by atoms with E-state index >= 15 is 0 Å². The average molecular weight is 358 g/mol. The van der Waals surface area contributed by atoms with Crippen LogP contribution in [0, 0.1) is 0 Å². The van der Waals surface area contributed by atoms with Gasteiger partial charge in [-0.3, -0.25) is 0 Å². The fourth-order valence-corrected chi connectivity index (χ4v) is 5.59. The number of alkyl halides is 1. The van der Waals surface area contributed by atoms with Crippen molar-refractivity contribution in [3.05, 3.63) is 50.5 Å². The number of hydrogen-bond acceptors (Lipinski definition) is 1. The standard InChI is InChI=1S/C13H12Cl4OS/c1-19(2)12(17)10(15)9(14)11(16)13(19)18-8-6-4-3-5-7-8/h3-7,12H,1-2H3. The zero-order valence-corrected chi connectivity index (χ0v) is 14.1. The van der Waals surface area contributed by atoms with E-state index in [1.807, 2.05) is 42.8 Å². The molecule has 1 aromatic carbocycles. The maximum Gasteiger partial charge on any atom is 0.165 e. The molecule has 1 heterocycles. The molecular formula is C13H12Cl4OS. The summed E-state index contributed by atoms with van der Waals surface area (Å²) in [5.41, 5.74) is 0. The molecule has 1 aliphatic rings. The van der Waals surface area contributed by atoms with Crippen LogP contribution in [-0.2, 0) is 0 Å². The monoisotopic (exact) mass is 356 g/mol. The van der Waals surface area contributed by atoms with Gasteiger partial charge in [0.25, 0.3) is 0 Å². The van der Waals surface area contributed by atoms with Gasteiger partial charge < -0.3 is 4.74 Å². The van der Waals surface area contributed by atoms with Gasteiger partial charge in [-0.2, -0.15) is 10.0 Å². The Balaban J connectivity index is 2.47. The van der Waals surface area contributed by atoms with E-state index in [9.17, 15) is 0 Å². The Morgan fingerprint density at radius 1 is 1.00 bits per heavy atom. The molecule has 0 radical (unpaired) electrons. The molecule has 19 heavy (non-hydrogen) atoms. The van der Waals surface area contributed by atoms with Crippen LogP contribution in [0.2, 0.25) is 0 Å². The van der Waals surface area contributed by atoms with E-state index in [2.05, 4.69) is 0 Å². The summed E-state index contributed by atoms with van der Waals surface area (Å²) in [6, 6.07) is 9.39. The highest BCUT2D eigenvalue weighted by Crippen LogP contribution is 2.63. The Bertz CT molecular complexity index is 551. The fourth-order valence-electron chi connectivity index (χ4n) is 1.63. The van der Waals surface area contributed by atoms with Gasteiger partial charge in [-0.25, -0.2) is 0 Å². The van der Waals surface area contributed by atoms with Crippen molar-refractivity contribution in [2.45, 2.75) is 4.71 Å². The van der Waals surface area contributed by atoms with Crippen LogP contribution in [0.1, 0.15) is 0 Å². The lowest BCUT2D eigenvalue weighted by atomic mass is 10.3. The zero-order chi connectivity index (χ0) is 14.2. The molecule has 0 saturated heterocycles. The Morgan fingerprint density at radius 3 is 2.16 bits per heavy atom. The summed E-state index contributed by atoms with van der Waals surface area (Å²) >= 11 is 24.9. The summed E-state index contributed by atoms with van der Waals surface area (Å²) in [6.07, 6.45) is 3.99. The minimum Gasteiger partial charge on any atom is -0.450 e. The minimum absolute atomic E-state index is 0.265. The quantitative estimate of drug-likeness (QED) is 0.607. The highest BCUT2D eigenvalue weighted by atomic mass is 35.5. The van der Waals surface area contributed by atoms with Gasteiger partial charge in [-0.05, 0) is 24.6 Å². The van der Waals surface area contributed by atoms with E-state index in [1.54, 1.807) is 0 Å². The first-order chi connectivity index (χ1) is 8.85. The third-order valence-electron chi connectivity index (χ3n) is 2.73. The Hall–Kier alpha value is 0.01000. The molecule has 104 valence electrons. The van der Waals surface area contributed by atoms with Crippen LogP contribution in [0.25, 0.3) is 0 Å². The molecule has 0 amide bonds. The molecule has 0 spiro atoms. The molecular weight excluding hydrogens is 346 g/mol. The molecule has 1 nitrogen and oxygen atoms in total. The van der Waals surface area contributed by atoms with Crippen molar-refractivity contribution in [1.82, 2.24) is 0 Å². The van der Waals surface area contributed by atoms with Gasteiger partial charge in [-0.15, -0.1) is 11.6 Å². The van der Waals surface area contributed by atoms with Gasteiger partial charge in [0.15, 0.2) is 5.09 Å². The van der Waals surface area contributed by atoms with Gasteiger partial charge in [0.1, 0.15) is 15.5 Å². The van der Waals surface area contributed by atoms with Crippen molar-refractivity contribution < 1.29 is 4.74 Å². The molecule has 1 aromatic rings. The fraction of sp³-hybridized carbons (Fsp3) is 0.231. The number of hydrogen-bond donors (Lipinski definition) is 0. The molecule has 1 unspecified atom stereocenters. The molecule has 0 bridgehead atoms. The molecule has 0 fully saturated rings. The van der Waals surface area contributed by atoms with E-state index < -0.39 is 14.7 Å². The highest BCUT2D eigenvalue weighted by molar-refractivity contribution is 8.37. The molecule has 0 N–H and O–H groups in total. The van der Waals surface area contributed by atoms with Crippen molar-refractivity contribution in [1.29, 1.82) is 0 Å². The van der Waals surface area contributed by atoms with Gasteiger partial charge in [-0.1, -0.05) is 53.0 Å². The second-order valence-corrected chi connectivity index (χ2v) is 9.91. The molecule has 2 rings (SSSR count). The van der Waals surface area contributed by atoms with Crippen LogP contribution in [0.15, 0.2) is 50.5 Å². The SMILES string of the molecule is CS1(C)C(Oc2ccccc2)=C(Cl)C(Cl)=C(Cl)C1Cl. The maximum atomic E-state index is 6.37. The summed E-state index contributed by atoms with van der Waals surface area (Å²) in [7, 11) is -1.52. The normalized spacial score (nSPS) is 24.4. The van der Waals surface area contributed by atoms with E-state index in [-0.39, 0.29) is 5.03 Å². The largest absolute Gasteiger partial charge is 0.450 e. The van der Waals surface area contributed by atoms with Crippen LogP contribution in [-0.4, -0.2) is 17.2 Å². The van der Waals surface area contributed by atoms with Crippen LogP contribution >= 0.6 is 56.4 Å². The maximum absolute atomic E-state index is 6.37. The first-order valence-electron chi connectivity index (χ1n) is 5.40. The van der Waals surface area contributed by atoms with Crippen molar-refractivity contribution in [2.75, 3.05) is 12.5 Å². The third-order valence-corrected chi connectivity index (χ3v) is 8.50. The smallest absolute Gasteiger partial charge is 0.165 e. The minimum atomic E-state index is -1.52.